The van der Waals surface area contributed by atoms with Gasteiger partial charge < -0.3 is 14.8 Å². The number of nitrogens with zero attached hydrogens (tertiary/aromatic N) is 2. The first-order valence-corrected chi connectivity index (χ1v) is 12.9. The molecule has 1 N–H and O–H groups in total. The Bertz CT molecular complexity index is 1430. The van der Waals surface area contributed by atoms with E-state index in [-0.39, 0.29) is 31.2 Å². The fourth-order valence-corrected chi connectivity index (χ4v) is 5.19. The summed E-state index contributed by atoms with van der Waals surface area (Å²) in [5, 5.41) is 3.50. The van der Waals surface area contributed by atoms with Crippen LogP contribution in [0.5, 0.6) is 0 Å². The van der Waals surface area contributed by atoms with Crippen molar-refractivity contribution in [2.45, 2.75) is 51.0 Å². The summed E-state index contributed by atoms with van der Waals surface area (Å²) in [5.41, 5.74) is 3.57. The van der Waals surface area contributed by atoms with Gasteiger partial charge in [0.25, 0.3) is 0 Å². The molecule has 5 nitrogen and oxygen atoms in total. The number of fused-ring (bicyclic) bond motifs is 1. The third-order valence-corrected chi connectivity index (χ3v) is 7.30. The number of nitrogens with one attached hydrogen (secondary N) is 1. The first kappa shape index (κ1) is 25.6. The van der Waals surface area contributed by atoms with Gasteiger partial charge >= 0.3 is 0 Å². The van der Waals surface area contributed by atoms with Crippen molar-refractivity contribution in [1.29, 1.82) is 0 Å². The molecule has 196 valence electrons. The van der Waals surface area contributed by atoms with E-state index in [9.17, 15) is 18.4 Å². The Morgan fingerprint density at radius 1 is 0.921 bits per heavy atom. The van der Waals surface area contributed by atoms with Gasteiger partial charge in [-0.25, -0.2) is 8.78 Å². The number of alkyl halides is 1. The highest BCUT2D eigenvalue weighted by molar-refractivity contribution is 5.90. The van der Waals surface area contributed by atoms with Crippen molar-refractivity contribution in [2.24, 2.45) is 0 Å². The number of benzene rings is 3. The molecule has 0 aliphatic carbocycles. The van der Waals surface area contributed by atoms with E-state index in [1.54, 1.807) is 29.0 Å². The second-order valence-corrected chi connectivity index (χ2v) is 10.2. The number of likely N-dealkylation sites (tertiary alicyclic amines) is 1. The van der Waals surface area contributed by atoms with Crippen LogP contribution in [-0.2, 0) is 16.1 Å². The molecule has 1 aliphatic rings. The summed E-state index contributed by atoms with van der Waals surface area (Å²) in [7, 11) is 0. The van der Waals surface area contributed by atoms with Crippen LogP contribution in [0.15, 0.2) is 85.1 Å². The minimum Gasteiger partial charge on any atom is -0.343 e. The molecule has 4 aromatic rings. The van der Waals surface area contributed by atoms with E-state index in [0.717, 1.165) is 11.1 Å². The smallest absolute Gasteiger partial charge is 0.243 e. The maximum Gasteiger partial charge on any atom is 0.243 e. The molecule has 0 saturated carbocycles. The Labute approximate surface area is 221 Å². The van der Waals surface area contributed by atoms with Crippen LogP contribution in [-0.4, -0.2) is 40.0 Å². The molecule has 1 aliphatic heterocycles. The molecule has 0 spiro atoms. The third kappa shape index (κ3) is 5.19. The maximum absolute atomic E-state index is 14.6. The van der Waals surface area contributed by atoms with Crippen LogP contribution in [0.2, 0.25) is 0 Å². The molecule has 2 amide bonds. The molecule has 3 aromatic carbocycles. The topological polar surface area (TPSA) is 54.3 Å². The quantitative estimate of drug-likeness (QED) is 0.341. The van der Waals surface area contributed by atoms with E-state index in [0.29, 0.717) is 16.8 Å². The summed E-state index contributed by atoms with van der Waals surface area (Å²) in [6, 6.07) is 22.6. The summed E-state index contributed by atoms with van der Waals surface area (Å²) in [5.74, 6) is -0.778. The summed E-state index contributed by atoms with van der Waals surface area (Å²) in [6.07, 6.45) is 0.275. The number of carbonyl (C=O) groups is 2. The maximum atomic E-state index is 14.6. The molecule has 5 rings (SSSR count). The van der Waals surface area contributed by atoms with Crippen LogP contribution in [0, 0.1) is 5.82 Å². The van der Waals surface area contributed by atoms with Crippen molar-refractivity contribution in [3.05, 3.63) is 108 Å². The molecule has 3 atom stereocenters. The lowest BCUT2D eigenvalue weighted by Gasteiger charge is -2.27. The predicted octanol–water partition coefficient (Wildman–Crippen LogP) is 5.75. The summed E-state index contributed by atoms with van der Waals surface area (Å²) in [4.78, 5) is 28.2. The third-order valence-electron chi connectivity index (χ3n) is 7.30. The van der Waals surface area contributed by atoms with E-state index < -0.39 is 24.2 Å². The first-order chi connectivity index (χ1) is 18.3. The molecule has 1 fully saturated rings. The van der Waals surface area contributed by atoms with Gasteiger partial charge in [-0.15, -0.1) is 0 Å². The van der Waals surface area contributed by atoms with Crippen LogP contribution in [0.4, 0.5) is 8.78 Å². The summed E-state index contributed by atoms with van der Waals surface area (Å²) < 4.78 is 30.3. The Kier molecular flexibility index (Phi) is 7.27. The van der Waals surface area contributed by atoms with Crippen molar-refractivity contribution in [1.82, 2.24) is 14.8 Å². The van der Waals surface area contributed by atoms with E-state index >= 15 is 0 Å². The zero-order valence-corrected chi connectivity index (χ0v) is 21.5. The Morgan fingerprint density at radius 2 is 1.61 bits per heavy atom. The van der Waals surface area contributed by atoms with Gasteiger partial charge in [-0.3, -0.25) is 9.59 Å². The summed E-state index contributed by atoms with van der Waals surface area (Å²) >= 11 is 0. The zero-order chi connectivity index (χ0) is 26.8. The molecule has 0 bridgehead atoms. The van der Waals surface area contributed by atoms with Gasteiger partial charge in [0, 0.05) is 18.0 Å². The molecular weight excluding hydrogens is 484 g/mol. The number of hydrogen-bond donors (Lipinski definition) is 1. The van der Waals surface area contributed by atoms with Gasteiger partial charge in [-0.2, -0.15) is 0 Å². The lowest BCUT2D eigenvalue weighted by molar-refractivity contribution is -0.139. The monoisotopic (exact) mass is 515 g/mol. The van der Waals surface area contributed by atoms with Crippen LogP contribution in [0.25, 0.3) is 10.9 Å². The second kappa shape index (κ2) is 10.8. The molecule has 1 aromatic heterocycles. The molecule has 38 heavy (non-hydrogen) atoms. The van der Waals surface area contributed by atoms with Crippen molar-refractivity contribution in [2.75, 3.05) is 6.54 Å². The molecule has 0 unspecified atom stereocenters. The van der Waals surface area contributed by atoms with E-state index in [1.165, 1.54) is 16.5 Å². The molecule has 7 heteroatoms. The highest BCUT2D eigenvalue weighted by Crippen LogP contribution is 2.27. The first-order valence-electron chi connectivity index (χ1n) is 12.9. The normalized spacial score (nSPS) is 18.2. The van der Waals surface area contributed by atoms with Crippen molar-refractivity contribution >= 4 is 22.7 Å². The van der Waals surface area contributed by atoms with Gasteiger partial charge in [0.15, 0.2) is 0 Å². The number of aromatic nitrogens is 1. The number of halogens is 2. The average Bonchev–Trinajstić information content (AvgIpc) is 3.52. The SMILES string of the molecule is CC(C)c1ccc([C@@H](NC(=O)[C@@H]2C[C@@H](F)CN2C(=O)Cn2ccc3c(F)cccc32)c2ccccc2)cc1. The van der Waals surface area contributed by atoms with E-state index in [4.69, 9.17) is 0 Å². The fraction of sp³-hybridized carbons (Fsp3) is 0.290. The van der Waals surface area contributed by atoms with Crippen LogP contribution >= 0.6 is 0 Å². The lowest BCUT2D eigenvalue weighted by Crippen LogP contribution is -2.47. The van der Waals surface area contributed by atoms with E-state index in [2.05, 4.69) is 31.3 Å². The lowest BCUT2D eigenvalue weighted by atomic mass is 9.95. The Hall–Kier alpha value is -4.00. The number of amides is 2. The average molecular weight is 516 g/mol. The number of rotatable bonds is 7. The minimum absolute atomic E-state index is 0.0631. The van der Waals surface area contributed by atoms with Crippen molar-refractivity contribution in [3.63, 3.8) is 0 Å². The fourth-order valence-electron chi connectivity index (χ4n) is 5.19. The Morgan fingerprint density at radius 3 is 2.32 bits per heavy atom. The largest absolute Gasteiger partial charge is 0.343 e. The molecule has 2 heterocycles. The second-order valence-electron chi connectivity index (χ2n) is 10.2. The van der Waals surface area contributed by atoms with Crippen molar-refractivity contribution in [3.8, 4) is 0 Å². The van der Waals surface area contributed by atoms with Crippen LogP contribution in [0.3, 0.4) is 0 Å². The molecule has 0 radical (unpaired) electrons. The van der Waals surface area contributed by atoms with Gasteiger partial charge in [0.05, 0.1) is 18.1 Å². The number of carbonyl (C=O) groups excluding carboxylic acids is 2. The Balaban J connectivity index is 1.37. The highest BCUT2D eigenvalue weighted by atomic mass is 19.1. The van der Waals surface area contributed by atoms with Gasteiger partial charge in [-0.05, 0) is 40.8 Å². The van der Waals surface area contributed by atoms with E-state index in [1.807, 2.05) is 42.5 Å². The zero-order valence-electron chi connectivity index (χ0n) is 21.5. The minimum atomic E-state index is -1.30. The van der Waals surface area contributed by atoms with Crippen LogP contribution < -0.4 is 5.32 Å². The van der Waals surface area contributed by atoms with Gasteiger partial charge in [-0.1, -0.05) is 74.5 Å². The van der Waals surface area contributed by atoms with Crippen LogP contribution in [0.1, 0.15) is 48.9 Å². The highest BCUT2D eigenvalue weighted by Gasteiger charge is 2.40. The molecular formula is C31H31F2N3O2. The number of hydrogen-bond acceptors (Lipinski definition) is 2. The van der Waals surface area contributed by atoms with Gasteiger partial charge in [0.1, 0.15) is 24.6 Å². The summed E-state index contributed by atoms with van der Waals surface area (Å²) in [6.45, 7) is 3.99. The van der Waals surface area contributed by atoms with Crippen molar-refractivity contribution < 1.29 is 18.4 Å². The predicted molar refractivity (Wildman–Crippen MR) is 144 cm³/mol. The standard InChI is InChI=1S/C31H31F2N3O2/c1-20(2)21-11-13-23(14-12-21)30(22-7-4-3-5-8-22)34-31(38)28-17-24(32)18-36(28)29(37)19-35-16-15-25-26(33)9-6-10-27(25)35/h3-16,20,24,28,30H,17-19H2,1-2H3,(H,34,38)/t24-,28+,30+/m1/s1. The molecule has 1 saturated heterocycles. The van der Waals surface area contributed by atoms with Gasteiger partial charge in [0.2, 0.25) is 11.8 Å².